The molecule has 4 nitrogen and oxygen atoms in total. The predicted molar refractivity (Wildman–Crippen MR) is 63.3 cm³/mol. The zero-order valence-electron chi connectivity index (χ0n) is 9.25. The van der Waals surface area contributed by atoms with Gasteiger partial charge in [-0.1, -0.05) is 11.6 Å². The van der Waals surface area contributed by atoms with Gasteiger partial charge in [-0.3, -0.25) is 4.79 Å². The van der Waals surface area contributed by atoms with Crippen LogP contribution in [0.5, 0.6) is 5.75 Å². The van der Waals surface area contributed by atoms with Crippen molar-refractivity contribution < 1.29 is 9.90 Å². The number of amides is 1. The molecule has 0 saturated heterocycles. The third-order valence-electron chi connectivity index (χ3n) is 2.21. The molecular weight excluding hydrogens is 228 g/mol. The highest BCUT2D eigenvalue weighted by molar-refractivity contribution is 6.30. The Morgan fingerprint density at radius 2 is 2.25 bits per heavy atom. The molecule has 4 N–H and O–H groups in total. The van der Waals surface area contributed by atoms with Gasteiger partial charge in [0, 0.05) is 17.1 Å². The van der Waals surface area contributed by atoms with Crippen LogP contribution in [0.2, 0.25) is 5.02 Å². The van der Waals surface area contributed by atoms with Gasteiger partial charge in [0.2, 0.25) is 5.91 Å². The van der Waals surface area contributed by atoms with E-state index in [0.717, 1.165) is 0 Å². The van der Waals surface area contributed by atoms with Crippen molar-refractivity contribution in [3.8, 4) is 5.75 Å². The van der Waals surface area contributed by atoms with Crippen LogP contribution >= 0.6 is 11.6 Å². The summed E-state index contributed by atoms with van der Waals surface area (Å²) in [4.78, 5) is 11.2. The Morgan fingerprint density at radius 3 is 2.81 bits per heavy atom. The number of halogens is 1. The number of aryl methyl sites for hydroxylation is 1. The fourth-order valence-electron chi connectivity index (χ4n) is 1.28. The summed E-state index contributed by atoms with van der Waals surface area (Å²) in [5.41, 5.74) is 6.66. The number of phenols is 1. The number of benzene rings is 1. The van der Waals surface area contributed by atoms with E-state index < -0.39 is 6.04 Å². The molecule has 0 unspecified atom stereocenters. The van der Waals surface area contributed by atoms with Gasteiger partial charge in [-0.05, 0) is 31.5 Å². The van der Waals surface area contributed by atoms with Crippen molar-refractivity contribution in [3.63, 3.8) is 0 Å². The Kier molecular flexibility index (Phi) is 4.15. The van der Waals surface area contributed by atoms with Crippen molar-refractivity contribution >= 4 is 17.5 Å². The number of phenolic OH excluding ortho intramolecular Hbond substituents is 1. The number of carbonyl (C=O) groups excluding carboxylic acids is 1. The number of aromatic hydroxyl groups is 1. The molecule has 1 rings (SSSR count). The topological polar surface area (TPSA) is 75.4 Å². The zero-order valence-corrected chi connectivity index (χ0v) is 10.0. The molecule has 0 aliphatic heterocycles. The van der Waals surface area contributed by atoms with Crippen LogP contribution in [0.15, 0.2) is 12.1 Å². The van der Waals surface area contributed by atoms with Crippen molar-refractivity contribution in [2.24, 2.45) is 5.73 Å². The Balaban J connectivity index is 2.78. The van der Waals surface area contributed by atoms with E-state index in [1.54, 1.807) is 26.0 Å². The molecular formula is C11H15ClN2O2. The fraction of sp³-hybridized carbons (Fsp3) is 0.364. The van der Waals surface area contributed by atoms with Gasteiger partial charge >= 0.3 is 0 Å². The van der Waals surface area contributed by atoms with E-state index in [2.05, 4.69) is 5.32 Å². The first kappa shape index (κ1) is 12.8. The lowest BCUT2D eigenvalue weighted by Gasteiger charge is -2.11. The van der Waals surface area contributed by atoms with E-state index in [1.165, 1.54) is 0 Å². The molecule has 0 fully saturated rings. The Labute approximate surface area is 99.4 Å². The third-order valence-corrected chi connectivity index (χ3v) is 2.43. The summed E-state index contributed by atoms with van der Waals surface area (Å²) in [5, 5.41) is 12.9. The molecule has 0 aliphatic carbocycles. The summed E-state index contributed by atoms with van der Waals surface area (Å²) in [6.07, 6.45) is 0. The van der Waals surface area contributed by atoms with E-state index >= 15 is 0 Å². The van der Waals surface area contributed by atoms with Gasteiger partial charge in [-0.15, -0.1) is 0 Å². The van der Waals surface area contributed by atoms with Crippen LogP contribution < -0.4 is 11.1 Å². The maximum Gasteiger partial charge on any atom is 0.236 e. The second kappa shape index (κ2) is 5.18. The first-order valence-corrected chi connectivity index (χ1v) is 5.31. The summed E-state index contributed by atoms with van der Waals surface area (Å²) < 4.78 is 0. The minimum atomic E-state index is -0.567. The minimum absolute atomic E-state index is 0.148. The maximum absolute atomic E-state index is 11.2. The molecule has 0 spiro atoms. The normalized spacial score (nSPS) is 12.2. The van der Waals surface area contributed by atoms with Crippen LogP contribution in [-0.4, -0.2) is 17.1 Å². The SMILES string of the molecule is Cc1cc(Cl)cc(CNC(=O)[C@H](C)N)c1O. The van der Waals surface area contributed by atoms with E-state index in [9.17, 15) is 9.90 Å². The molecule has 0 bridgehead atoms. The van der Waals surface area contributed by atoms with Gasteiger partial charge < -0.3 is 16.2 Å². The Morgan fingerprint density at radius 1 is 1.62 bits per heavy atom. The lowest BCUT2D eigenvalue weighted by Crippen LogP contribution is -2.37. The van der Waals surface area contributed by atoms with Gasteiger partial charge in [0.15, 0.2) is 0 Å². The number of hydrogen-bond donors (Lipinski definition) is 3. The minimum Gasteiger partial charge on any atom is -0.507 e. The molecule has 16 heavy (non-hydrogen) atoms. The number of hydrogen-bond acceptors (Lipinski definition) is 3. The summed E-state index contributed by atoms with van der Waals surface area (Å²) in [6.45, 7) is 3.56. The van der Waals surface area contributed by atoms with E-state index in [0.29, 0.717) is 16.1 Å². The number of carbonyl (C=O) groups is 1. The van der Waals surface area contributed by atoms with Crippen LogP contribution in [-0.2, 0) is 11.3 Å². The van der Waals surface area contributed by atoms with Crippen molar-refractivity contribution in [1.29, 1.82) is 0 Å². The van der Waals surface area contributed by atoms with Gasteiger partial charge in [-0.25, -0.2) is 0 Å². The fourth-order valence-corrected chi connectivity index (χ4v) is 1.58. The molecule has 0 aromatic heterocycles. The number of rotatable bonds is 3. The van der Waals surface area contributed by atoms with E-state index in [-0.39, 0.29) is 18.2 Å². The Hall–Kier alpha value is -1.26. The average molecular weight is 243 g/mol. The zero-order chi connectivity index (χ0) is 12.3. The summed E-state index contributed by atoms with van der Waals surface area (Å²) >= 11 is 5.85. The van der Waals surface area contributed by atoms with Crippen LogP contribution in [0.25, 0.3) is 0 Å². The largest absolute Gasteiger partial charge is 0.507 e. The molecule has 0 aliphatic rings. The lowest BCUT2D eigenvalue weighted by atomic mass is 10.1. The van der Waals surface area contributed by atoms with Crippen LogP contribution in [0.3, 0.4) is 0 Å². The lowest BCUT2D eigenvalue weighted by molar-refractivity contribution is -0.122. The highest BCUT2D eigenvalue weighted by Crippen LogP contribution is 2.26. The van der Waals surface area contributed by atoms with Crippen molar-refractivity contribution in [2.45, 2.75) is 26.4 Å². The molecule has 1 aromatic rings. The maximum atomic E-state index is 11.2. The quantitative estimate of drug-likeness (QED) is 0.748. The smallest absolute Gasteiger partial charge is 0.236 e. The standard InChI is InChI=1S/C11H15ClN2O2/c1-6-3-9(12)4-8(10(6)15)5-14-11(16)7(2)13/h3-4,7,15H,5,13H2,1-2H3,(H,14,16)/t7-/m0/s1. The van der Waals surface area contributed by atoms with Crippen molar-refractivity contribution in [2.75, 3.05) is 0 Å². The molecule has 88 valence electrons. The first-order valence-electron chi connectivity index (χ1n) is 4.93. The average Bonchev–Trinajstić information content (AvgIpc) is 2.20. The summed E-state index contributed by atoms with van der Waals surface area (Å²) in [5.74, 6) is -0.119. The monoisotopic (exact) mass is 242 g/mol. The predicted octanol–water partition coefficient (Wildman–Crippen LogP) is 1.32. The second-order valence-electron chi connectivity index (χ2n) is 3.74. The Bertz CT molecular complexity index is 405. The molecule has 5 heteroatoms. The highest BCUT2D eigenvalue weighted by atomic mass is 35.5. The van der Waals surface area contributed by atoms with Gasteiger partial charge in [-0.2, -0.15) is 0 Å². The number of nitrogens with two attached hydrogens (primary N) is 1. The molecule has 0 radical (unpaired) electrons. The molecule has 1 atom stereocenters. The van der Waals surface area contributed by atoms with Crippen LogP contribution in [0, 0.1) is 6.92 Å². The van der Waals surface area contributed by atoms with Crippen LogP contribution in [0.4, 0.5) is 0 Å². The molecule has 1 amide bonds. The second-order valence-corrected chi connectivity index (χ2v) is 4.17. The molecule has 0 saturated carbocycles. The van der Waals surface area contributed by atoms with E-state index in [4.69, 9.17) is 17.3 Å². The van der Waals surface area contributed by atoms with Gasteiger partial charge in [0.25, 0.3) is 0 Å². The summed E-state index contributed by atoms with van der Waals surface area (Å²) in [7, 11) is 0. The van der Waals surface area contributed by atoms with E-state index in [1.807, 2.05) is 0 Å². The van der Waals surface area contributed by atoms with Crippen LogP contribution in [0.1, 0.15) is 18.1 Å². The third kappa shape index (κ3) is 3.12. The van der Waals surface area contributed by atoms with Gasteiger partial charge in [0.1, 0.15) is 5.75 Å². The summed E-state index contributed by atoms with van der Waals surface area (Å²) in [6, 6.07) is 2.71. The highest BCUT2D eigenvalue weighted by Gasteiger charge is 2.10. The molecule has 1 aromatic carbocycles. The van der Waals surface area contributed by atoms with Crippen molar-refractivity contribution in [1.82, 2.24) is 5.32 Å². The number of nitrogens with one attached hydrogen (secondary N) is 1. The first-order chi connectivity index (χ1) is 7.41. The van der Waals surface area contributed by atoms with Crippen molar-refractivity contribution in [3.05, 3.63) is 28.3 Å². The van der Waals surface area contributed by atoms with Gasteiger partial charge in [0.05, 0.1) is 6.04 Å². The molecule has 0 heterocycles.